The maximum absolute atomic E-state index is 5.20. The summed E-state index contributed by atoms with van der Waals surface area (Å²) >= 11 is 0. The van der Waals surface area contributed by atoms with Crippen molar-refractivity contribution >= 4 is 0 Å². The standard InChI is InChI=1S/C30H43N5/c1-3-23(4-2)28-16-29(33-30(32-28)24-9-12-31-13-10-24)27-20-35-14-11-25(27)15-26(35)19-34(17-21-5-6-21)18-22-7-8-22/h9-10,12-13,16,21-23,25-27H,3-8,11,14-15,17-20H2,1-2H3/t25-,26+,27+/m0/s1. The van der Waals surface area contributed by atoms with Crippen molar-refractivity contribution in [1.29, 1.82) is 0 Å². The predicted octanol–water partition coefficient (Wildman–Crippen LogP) is 5.74. The number of pyridine rings is 1. The van der Waals surface area contributed by atoms with Gasteiger partial charge >= 0.3 is 0 Å². The van der Waals surface area contributed by atoms with Crippen LogP contribution in [0, 0.1) is 17.8 Å². The smallest absolute Gasteiger partial charge is 0.159 e. The molecule has 2 aromatic rings. The predicted molar refractivity (Wildman–Crippen MR) is 141 cm³/mol. The molecule has 35 heavy (non-hydrogen) atoms. The van der Waals surface area contributed by atoms with Crippen LogP contribution in [0.3, 0.4) is 0 Å². The van der Waals surface area contributed by atoms with E-state index in [0.29, 0.717) is 11.8 Å². The highest BCUT2D eigenvalue weighted by Crippen LogP contribution is 2.43. The SMILES string of the molecule is CCC(CC)c1cc([C@@H]2CN3CC[C@H]2C[C@@H]3CN(CC2CC2)CC2CC2)nc(-c2ccncc2)n1. The lowest BCUT2D eigenvalue weighted by Crippen LogP contribution is -2.56. The van der Waals surface area contributed by atoms with Gasteiger partial charge in [-0.3, -0.25) is 9.88 Å². The fourth-order valence-corrected chi connectivity index (χ4v) is 6.74. The van der Waals surface area contributed by atoms with E-state index in [1.54, 1.807) is 0 Å². The van der Waals surface area contributed by atoms with Crippen LogP contribution in [0.1, 0.15) is 88.4 Å². The van der Waals surface area contributed by atoms with Crippen LogP contribution < -0.4 is 0 Å². The van der Waals surface area contributed by atoms with Crippen LogP contribution in [0.4, 0.5) is 0 Å². The molecule has 5 nitrogen and oxygen atoms in total. The minimum absolute atomic E-state index is 0.504. The van der Waals surface area contributed by atoms with E-state index in [1.165, 1.54) is 82.6 Å². The molecular weight excluding hydrogens is 430 g/mol. The zero-order valence-electron chi connectivity index (χ0n) is 21.8. The van der Waals surface area contributed by atoms with Crippen LogP contribution in [0.2, 0.25) is 0 Å². The van der Waals surface area contributed by atoms with Crippen molar-refractivity contribution < 1.29 is 0 Å². The molecule has 5 aliphatic rings. The molecule has 188 valence electrons. The molecule has 2 saturated carbocycles. The fraction of sp³-hybridized carbons (Fsp3) is 0.700. The number of aromatic nitrogens is 3. The van der Waals surface area contributed by atoms with Crippen LogP contribution in [0.5, 0.6) is 0 Å². The Morgan fingerprint density at radius 2 is 1.66 bits per heavy atom. The zero-order chi connectivity index (χ0) is 23.8. The van der Waals surface area contributed by atoms with Gasteiger partial charge in [-0.2, -0.15) is 0 Å². The minimum atomic E-state index is 0.504. The van der Waals surface area contributed by atoms with Crippen LogP contribution in [-0.4, -0.2) is 63.5 Å². The molecule has 0 radical (unpaired) electrons. The van der Waals surface area contributed by atoms with Gasteiger partial charge in [-0.05, 0) is 93.9 Å². The summed E-state index contributed by atoms with van der Waals surface area (Å²) in [5.41, 5.74) is 3.61. The average molecular weight is 474 g/mol. The summed E-state index contributed by atoms with van der Waals surface area (Å²) in [7, 11) is 0. The van der Waals surface area contributed by atoms with Gasteiger partial charge in [0, 0.05) is 73.4 Å². The Labute approximate surface area is 211 Å². The molecule has 5 heteroatoms. The Morgan fingerprint density at radius 3 is 2.26 bits per heavy atom. The Kier molecular flexibility index (Phi) is 6.90. The molecule has 0 spiro atoms. The number of rotatable bonds is 11. The first kappa shape index (κ1) is 23.5. The number of nitrogens with zero attached hydrogens (tertiary/aromatic N) is 5. The first-order valence-electron chi connectivity index (χ1n) is 14.5. The minimum Gasteiger partial charge on any atom is -0.301 e. The van der Waals surface area contributed by atoms with Gasteiger partial charge in [0.2, 0.25) is 0 Å². The maximum Gasteiger partial charge on any atom is 0.159 e. The van der Waals surface area contributed by atoms with Gasteiger partial charge in [-0.1, -0.05) is 13.8 Å². The molecule has 0 aromatic carbocycles. The Hall–Kier alpha value is -1.85. The lowest BCUT2D eigenvalue weighted by molar-refractivity contribution is 0.00973. The van der Waals surface area contributed by atoms with E-state index in [9.17, 15) is 0 Å². The van der Waals surface area contributed by atoms with E-state index >= 15 is 0 Å². The van der Waals surface area contributed by atoms with Crippen molar-refractivity contribution in [3.63, 3.8) is 0 Å². The molecule has 2 aromatic heterocycles. The van der Waals surface area contributed by atoms with Gasteiger partial charge in [-0.25, -0.2) is 9.97 Å². The zero-order valence-corrected chi connectivity index (χ0v) is 21.8. The summed E-state index contributed by atoms with van der Waals surface area (Å²) in [6, 6.07) is 7.21. The lowest BCUT2D eigenvalue weighted by atomic mass is 9.73. The molecule has 3 aliphatic heterocycles. The molecule has 2 bridgehead atoms. The molecule has 1 unspecified atom stereocenters. The van der Waals surface area contributed by atoms with Gasteiger partial charge in [0.05, 0.1) is 0 Å². The number of hydrogen-bond donors (Lipinski definition) is 0. The molecule has 5 heterocycles. The lowest BCUT2D eigenvalue weighted by Gasteiger charge is -2.51. The van der Waals surface area contributed by atoms with E-state index in [1.807, 2.05) is 12.4 Å². The van der Waals surface area contributed by atoms with Crippen molar-refractivity contribution in [1.82, 2.24) is 24.8 Å². The van der Waals surface area contributed by atoms with Crippen LogP contribution in [0.15, 0.2) is 30.6 Å². The number of piperidine rings is 3. The second-order valence-corrected chi connectivity index (χ2v) is 11.9. The third-order valence-electron chi connectivity index (χ3n) is 9.26. The van der Waals surface area contributed by atoms with Crippen LogP contribution in [-0.2, 0) is 0 Å². The molecular formula is C30H43N5. The van der Waals surface area contributed by atoms with Crippen molar-refractivity contribution in [3.8, 4) is 11.4 Å². The first-order chi connectivity index (χ1) is 17.2. The molecule has 3 saturated heterocycles. The van der Waals surface area contributed by atoms with Crippen molar-refractivity contribution in [2.75, 3.05) is 32.7 Å². The molecule has 0 amide bonds. The molecule has 4 atom stereocenters. The van der Waals surface area contributed by atoms with Crippen molar-refractivity contribution in [2.45, 2.75) is 83.1 Å². The second kappa shape index (κ2) is 10.3. The maximum atomic E-state index is 5.20. The van der Waals surface area contributed by atoms with E-state index in [-0.39, 0.29) is 0 Å². The second-order valence-electron chi connectivity index (χ2n) is 11.9. The topological polar surface area (TPSA) is 45.2 Å². The van der Waals surface area contributed by atoms with E-state index < -0.39 is 0 Å². The van der Waals surface area contributed by atoms with Gasteiger partial charge in [0.25, 0.3) is 0 Å². The van der Waals surface area contributed by atoms with Gasteiger partial charge < -0.3 is 4.90 Å². The van der Waals surface area contributed by atoms with Crippen LogP contribution in [0.25, 0.3) is 11.4 Å². The monoisotopic (exact) mass is 473 g/mol. The number of fused-ring (bicyclic) bond motifs is 3. The summed E-state index contributed by atoms with van der Waals surface area (Å²) in [4.78, 5) is 20.2. The molecule has 7 rings (SSSR count). The summed E-state index contributed by atoms with van der Waals surface area (Å²) in [5, 5.41) is 0. The summed E-state index contributed by atoms with van der Waals surface area (Å²) in [6.07, 6.45) is 14.5. The summed E-state index contributed by atoms with van der Waals surface area (Å²) < 4.78 is 0. The molecule has 0 N–H and O–H groups in total. The third kappa shape index (κ3) is 5.46. The third-order valence-corrected chi connectivity index (χ3v) is 9.26. The van der Waals surface area contributed by atoms with Crippen LogP contribution >= 0.6 is 0 Å². The van der Waals surface area contributed by atoms with Crippen molar-refractivity contribution in [2.24, 2.45) is 17.8 Å². The molecule has 5 fully saturated rings. The average Bonchev–Trinajstić information content (AvgIpc) is 3.83. The first-order valence-corrected chi connectivity index (χ1v) is 14.5. The normalized spacial score (nSPS) is 28.2. The van der Waals surface area contributed by atoms with E-state index in [4.69, 9.17) is 9.97 Å². The Morgan fingerprint density at radius 1 is 0.943 bits per heavy atom. The fourth-order valence-electron chi connectivity index (χ4n) is 6.74. The molecule has 2 aliphatic carbocycles. The Bertz CT molecular complexity index is 967. The highest BCUT2D eigenvalue weighted by atomic mass is 15.2. The highest BCUT2D eigenvalue weighted by Gasteiger charge is 2.43. The quantitative estimate of drug-likeness (QED) is 0.416. The van der Waals surface area contributed by atoms with Gasteiger partial charge in [0.15, 0.2) is 5.82 Å². The Balaban J connectivity index is 1.22. The van der Waals surface area contributed by atoms with Gasteiger partial charge in [0.1, 0.15) is 0 Å². The van der Waals surface area contributed by atoms with E-state index in [2.05, 4.69) is 46.8 Å². The summed E-state index contributed by atoms with van der Waals surface area (Å²) in [6.45, 7) is 11.0. The number of hydrogen-bond acceptors (Lipinski definition) is 5. The van der Waals surface area contributed by atoms with E-state index in [0.717, 1.165) is 48.0 Å². The summed E-state index contributed by atoms with van der Waals surface area (Å²) in [5.74, 6) is 4.67. The largest absolute Gasteiger partial charge is 0.301 e. The van der Waals surface area contributed by atoms with Crippen molar-refractivity contribution in [3.05, 3.63) is 42.0 Å². The van der Waals surface area contributed by atoms with Gasteiger partial charge in [-0.15, -0.1) is 0 Å². The highest BCUT2D eigenvalue weighted by molar-refractivity contribution is 5.54.